The minimum atomic E-state index is 0.142. The van der Waals surface area contributed by atoms with E-state index in [1.54, 1.807) is 0 Å². The van der Waals surface area contributed by atoms with Crippen molar-refractivity contribution < 1.29 is 9.53 Å². The normalized spacial score (nSPS) is 14.6. The monoisotopic (exact) mass is 247 g/mol. The lowest BCUT2D eigenvalue weighted by molar-refractivity contribution is -0.117. The predicted octanol–water partition coefficient (Wildman–Crippen LogP) is 3.46. The molecule has 18 heavy (non-hydrogen) atoms. The van der Waals surface area contributed by atoms with E-state index in [1.165, 1.54) is 0 Å². The van der Waals surface area contributed by atoms with Gasteiger partial charge in [-0.3, -0.25) is 4.79 Å². The molecule has 1 aromatic rings. The van der Waals surface area contributed by atoms with E-state index in [2.05, 4.69) is 19.2 Å². The van der Waals surface area contributed by atoms with Crippen molar-refractivity contribution in [3.8, 4) is 5.75 Å². The van der Waals surface area contributed by atoms with Crippen LogP contribution in [0.3, 0.4) is 0 Å². The number of benzene rings is 1. The number of nitrogens with one attached hydrogen (secondary N) is 1. The summed E-state index contributed by atoms with van der Waals surface area (Å²) >= 11 is 0. The summed E-state index contributed by atoms with van der Waals surface area (Å²) in [5.41, 5.74) is 0.850. The summed E-state index contributed by atoms with van der Waals surface area (Å²) in [6.45, 7) is 5.10. The van der Waals surface area contributed by atoms with Gasteiger partial charge in [-0.05, 0) is 49.4 Å². The molecule has 0 saturated heterocycles. The molecule has 0 unspecified atom stereocenters. The maximum Gasteiger partial charge on any atom is 0.227 e. The van der Waals surface area contributed by atoms with E-state index in [-0.39, 0.29) is 11.8 Å². The van der Waals surface area contributed by atoms with Crippen LogP contribution in [0.1, 0.15) is 33.1 Å². The van der Waals surface area contributed by atoms with E-state index in [4.69, 9.17) is 4.74 Å². The molecule has 1 fully saturated rings. The summed E-state index contributed by atoms with van der Waals surface area (Å²) in [4.78, 5) is 11.6. The number of anilines is 1. The predicted molar refractivity (Wildman–Crippen MR) is 72.7 cm³/mol. The van der Waals surface area contributed by atoms with Crippen molar-refractivity contribution in [2.24, 2.45) is 11.8 Å². The zero-order chi connectivity index (χ0) is 13.0. The van der Waals surface area contributed by atoms with Gasteiger partial charge in [-0.1, -0.05) is 13.8 Å². The van der Waals surface area contributed by atoms with E-state index in [0.29, 0.717) is 5.92 Å². The smallest absolute Gasteiger partial charge is 0.227 e. The summed E-state index contributed by atoms with van der Waals surface area (Å²) in [5.74, 6) is 1.90. The van der Waals surface area contributed by atoms with Gasteiger partial charge in [0.05, 0.1) is 6.61 Å². The summed E-state index contributed by atoms with van der Waals surface area (Å²) in [7, 11) is 0. The number of hydrogen-bond donors (Lipinski definition) is 1. The molecule has 0 bridgehead atoms. The minimum Gasteiger partial charge on any atom is -0.494 e. The lowest BCUT2D eigenvalue weighted by atomic mass is 10.1. The Morgan fingerprint density at radius 1 is 1.33 bits per heavy atom. The Morgan fingerprint density at radius 3 is 2.56 bits per heavy atom. The standard InChI is InChI=1S/C15H21NO2/c1-11(2)9-10-18-14-7-5-13(6-8-14)16-15(17)12-3-4-12/h5-8,11-12H,3-4,9-10H2,1-2H3,(H,16,17). The molecule has 2 rings (SSSR count). The molecule has 0 radical (unpaired) electrons. The average molecular weight is 247 g/mol. The second-order valence-corrected chi connectivity index (χ2v) is 5.32. The van der Waals surface area contributed by atoms with Crippen molar-refractivity contribution in [1.82, 2.24) is 0 Å². The van der Waals surface area contributed by atoms with Crippen LogP contribution in [0, 0.1) is 11.8 Å². The van der Waals surface area contributed by atoms with Crippen molar-refractivity contribution in [2.45, 2.75) is 33.1 Å². The molecule has 98 valence electrons. The van der Waals surface area contributed by atoms with Gasteiger partial charge in [0.2, 0.25) is 5.91 Å². The number of hydrogen-bond acceptors (Lipinski definition) is 2. The Morgan fingerprint density at radius 2 is 2.00 bits per heavy atom. The maximum absolute atomic E-state index is 11.6. The first-order chi connectivity index (χ1) is 8.65. The Labute approximate surface area is 109 Å². The van der Waals surface area contributed by atoms with Crippen LogP contribution in [-0.4, -0.2) is 12.5 Å². The van der Waals surface area contributed by atoms with Crippen LogP contribution in [0.4, 0.5) is 5.69 Å². The lowest BCUT2D eigenvalue weighted by Crippen LogP contribution is -2.13. The SMILES string of the molecule is CC(C)CCOc1ccc(NC(=O)C2CC2)cc1. The highest BCUT2D eigenvalue weighted by Crippen LogP contribution is 2.30. The number of carbonyl (C=O) groups is 1. The fourth-order valence-corrected chi connectivity index (χ4v) is 1.64. The van der Waals surface area contributed by atoms with Gasteiger partial charge < -0.3 is 10.1 Å². The molecule has 0 heterocycles. The van der Waals surface area contributed by atoms with Gasteiger partial charge in [0.1, 0.15) is 5.75 Å². The van der Waals surface area contributed by atoms with Crippen LogP contribution < -0.4 is 10.1 Å². The molecule has 1 saturated carbocycles. The lowest BCUT2D eigenvalue weighted by Gasteiger charge is -2.09. The first kappa shape index (κ1) is 12.9. The van der Waals surface area contributed by atoms with E-state index in [1.807, 2.05) is 24.3 Å². The van der Waals surface area contributed by atoms with E-state index >= 15 is 0 Å². The quantitative estimate of drug-likeness (QED) is 0.836. The molecule has 1 N–H and O–H groups in total. The summed E-state index contributed by atoms with van der Waals surface area (Å²) in [5, 5.41) is 2.91. The highest BCUT2D eigenvalue weighted by atomic mass is 16.5. The van der Waals surface area contributed by atoms with Crippen LogP contribution in [0.5, 0.6) is 5.75 Å². The van der Waals surface area contributed by atoms with Gasteiger partial charge >= 0.3 is 0 Å². The zero-order valence-corrected chi connectivity index (χ0v) is 11.1. The molecule has 3 heteroatoms. The van der Waals surface area contributed by atoms with E-state index in [0.717, 1.165) is 37.3 Å². The summed E-state index contributed by atoms with van der Waals surface area (Å²) < 4.78 is 5.62. The van der Waals surface area contributed by atoms with Crippen molar-refractivity contribution in [3.05, 3.63) is 24.3 Å². The highest BCUT2D eigenvalue weighted by Gasteiger charge is 2.29. The van der Waals surface area contributed by atoms with E-state index < -0.39 is 0 Å². The molecule has 0 spiro atoms. The molecule has 0 aromatic heterocycles. The van der Waals surface area contributed by atoms with Crippen molar-refractivity contribution in [1.29, 1.82) is 0 Å². The largest absolute Gasteiger partial charge is 0.494 e. The molecular weight excluding hydrogens is 226 g/mol. The third kappa shape index (κ3) is 4.06. The van der Waals surface area contributed by atoms with Gasteiger partial charge in [-0.25, -0.2) is 0 Å². The number of carbonyl (C=O) groups excluding carboxylic acids is 1. The van der Waals surface area contributed by atoms with E-state index in [9.17, 15) is 4.79 Å². The van der Waals surface area contributed by atoms with Crippen LogP contribution in [0.15, 0.2) is 24.3 Å². The van der Waals surface area contributed by atoms with Crippen molar-refractivity contribution in [3.63, 3.8) is 0 Å². The molecule has 1 aliphatic carbocycles. The van der Waals surface area contributed by atoms with Gasteiger partial charge in [-0.2, -0.15) is 0 Å². The molecule has 1 aliphatic rings. The Kier molecular flexibility index (Phi) is 4.24. The Hall–Kier alpha value is -1.51. The van der Waals surface area contributed by atoms with Gasteiger partial charge in [0.15, 0.2) is 0 Å². The number of ether oxygens (including phenoxy) is 1. The van der Waals surface area contributed by atoms with Crippen LogP contribution in [-0.2, 0) is 4.79 Å². The fraction of sp³-hybridized carbons (Fsp3) is 0.533. The Bertz CT molecular complexity index is 393. The summed E-state index contributed by atoms with van der Waals surface area (Å²) in [6.07, 6.45) is 3.12. The molecular formula is C15H21NO2. The first-order valence-corrected chi connectivity index (χ1v) is 6.69. The second-order valence-electron chi connectivity index (χ2n) is 5.32. The topological polar surface area (TPSA) is 38.3 Å². The van der Waals surface area contributed by atoms with Gasteiger partial charge in [0, 0.05) is 11.6 Å². The first-order valence-electron chi connectivity index (χ1n) is 6.69. The zero-order valence-electron chi connectivity index (χ0n) is 11.1. The number of rotatable bonds is 6. The maximum atomic E-state index is 11.6. The van der Waals surface area contributed by atoms with Crippen molar-refractivity contribution >= 4 is 11.6 Å². The van der Waals surface area contributed by atoms with Gasteiger partial charge in [0.25, 0.3) is 0 Å². The third-order valence-corrected chi connectivity index (χ3v) is 3.03. The van der Waals surface area contributed by atoms with Crippen molar-refractivity contribution in [2.75, 3.05) is 11.9 Å². The average Bonchev–Trinajstić information content (AvgIpc) is 3.15. The second kappa shape index (κ2) is 5.89. The van der Waals surface area contributed by atoms with Crippen LogP contribution in [0.25, 0.3) is 0 Å². The highest BCUT2D eigenvalue weighted by molar-refractivity contribution is 5.94. The fourth-order valence-electron chi connectivity index (χ4n) is 1.64. The van der Waals surface area contributed by atoms with Crippen LogP contribution in [0.2, 0.25) is 0 Å². The molecule has 0 aliphatic heterocycles. The molecule has 1 amide bonds. The Balaban J connectivity index is 1.79. The molecule has 0 atom stereocenters. The minimum absolute atomic E-state index is 0.142. The summed E-state index contributed by atoms with van der Waals surface area (Å²) in [6, 6.07) is 7.60. The number of amides is 1. The molecule has 3 nitrogen and oxygen atoms in total. The van der Waals surface area contributed by atoms with Crippen LogP contribution >= 0.6 is 0 Å². The third-order valence-electron chi connectivity index (χ3n) is 3.03. The molecule has 1 aromatic carbocycles. The van der Waals surface area contributed by atoms with Gasteiger partial charge in [-0.15, -0.1) is 0 Å².